The second kappa shape index (κ2) is 11.7. The summed E-state index contributed by atoms with van der Waals surface area (Å²) in [5.74, 6) is 0.499. The van der Waals surface area contributed by atoms with Crippen LogP contribution in [0.2, 0.25) is 0 Å². The highest BCUT2D eigenvalue weighted by Crippen LogP contribution is 2.38. The maximum absolute atomic E-state index is 13.4. The number of ether oxygens (including phenoxy) is 1. The normalized spacial score (nSPS) is 18.7. The van der Waals surface area contributed by atoms with Crippen molar-refractivity contribution in [2.45, 2.75) is 57.8 Å². The lowest BCUT2D eigenvalue weighted by atomic mass is 9.75. The van der Waals surface area contributed by atoms with Gasteiger partial charge in [-0.25, -0.2) is 4.39 Å². The highest BCUT2D eigenvalue weighted by molar-refractivity contribution is 5.84. The molecule has 2 saturated heterocycles. The van der Waals surface area contributed by atoms with Crippen LogP contribution in [0, 0.1) is 11.2 Å². The SMILES string of the molecule is CC[C@H](C(=O)N1CCC(COc2ccc(F)cc2)(CC(=O)N2CCCCC2)CC1)c1ccccc1. The molecule has 6 heteroatoms. The third-order valence-electron chi connectivity index (χ3n) is 7.64. The maximum atomic E-state index is 13.4. The molecule has 0 N–H and O–H groups in total. The number of nitrogens with zero attached hydrogens (tertiary/aromatic N) is 2. The zero-order valence-corrected chi connectivity index (χ0v) is 20.8. The summed E-state index contributed by atoms with van der Waals surface area (Å²) in [6.07, 6.45) is 5.91. The topological polar surface area (TPSA) is 49.9 Å². The summed E-state index contributed by atoms with van der Waals surface area (Å²) < 4.78 is 19.4. The number of carbonyl (C=O) groups excluding carboxylic acids is 2. The molecule has 0 aromatic heterocycles. The molecule has 2 aliphatic rings. The second-order valence-electron chi connectivity index (χ2n) is 10.1. The Kier molecular flexibility index (Phi) is 8.42. The van der Waals surface area contributed by atoms with Gasteiger partial charge in [-0.1, -0.05) is 37.3 Å². The Morgan fingerprint density at radius 1 is 0.914 bits per heavy atom. The van der Waals surface area contributed by atoms with Crippen LogP contribution < -0.4 is 4.74 Å². The molecular weight excluding hydrogens is 443 g/mol. The fourth-order valence-electron chi connectivity index (χ4n) is 5.38. The van der Waals surface area contributed by atoms with Gasteiger partial charge in [0.25, 0.3) is 0 Å². The average Bonchev–Trinajstić information content (AvgIpc) is 2.90. The molecule has 2 heterocycles. The van der Waals surface area contributed by atoms with Crippen molar-refractivity contribution in [3.8, 4) is 5.75 Å². The number of piperidine rings is 2. The molecule has 2 fully saturated rings. The molecule has 0 saturated carbocycles. The Balaban J connectivity index is 1.44. The second-order valence-corrected chi connectivity index (χ2v) is 10.1. The summed E-state index contributed by atoms with van der Waals surface area (Å²) in [6, 6.07) is 16.0. The molecule has 0 aliphatic carbocycles. The largest absolute Gasteiger partial charge is 0.493 e. The summed E-state index contributed by atoms with van der Waals surface area (Å²) in [7, 11) is 0. The van der Waals surface area contributed by atoms with Crippen LogP contribution in [0.3, 0.4) is 0 Å². The molecular formula is C29H37FN2O3. The Morgan fingerprint density at radius 2 is 1.57 bits per heavy atom. The molecule has 2 aliphatic heterocycles. The summed E-state index contributed by atoms with van der Waals surface area (Å²) in [5, 5.41) is 0. The van der Waals surface area contributed by atoms with Crippen molar-refractivity contribution in [2.24, 2.45) is 5.41 Å². The number of benzene rings is 2. The third kappa shape index (κ3) is 6.41. The van der Waals surface area contributed by atoms with Crippen molar-refractivity contribution in [1.82, 2.24) is 9.80 Å². The lowest BCUT2D eigenvalue weighted by molar-refractivity contribution is -0.139. The highest BCUT2D eigenvalue weighted by Gasteiger charge is 2.40. The monoisotopic (exact) mass is 480 g/mol. The lowest BCUT2D eigenvalue weighted by Gasteiger charge is -2.43. The van der Waals surface area contributed by atoms with E-state index < -0.39 is 0 Å². The lowest BCUT2D eigenvalue weighted by Crippen LogP contribution is -2.49. The van der Waals surface area contributed by atoms with E-state index in [4.69, 9.17) is 4.74 Å². The van der Waals surface area contributed by atoms with Crippen molar-refractivity contribution in [2.75, 3.05) is 32.8 Å². The molecule has 1 atom stereocenters. The van der Waals surface area contributed by atoms with Crippen LogP contribution in [0.1, 0.15) is 63.4 Å². The van der Waals surface area contributed by atoms with E-state index in [1.807, 2.05) is 40.1 Å². The molecule has 0 radical (unpaired) electrons. The van der Waals surface area contributed by atoms with E-state index in [9.17, 15) is 14.0 Å². The number of halogens is 1. The smallest absolute Gasteiger partial charge is 0.230 e. The average molecular weight is 481 g/mol. The van der Waals surface area contributed by atoms with Crippen LogP contribution >= 0.6 is 0 Å². The molecule has 5 nitrogen and oxygen atoms in total. The zero-order chi connectivity index (χ0) is 24.7. The van der Waals surface area contributed by atoms with E-state index in [-0.39, 0.29) is 29.0 Å². The van der Waals surface area contributed by atoms with Crippen molar-refractivity contribution in [1.29, 1.82) is 0 Å². The van der Waals surface area contributed by atoms with Gasteiger partial charge in [0.1, 0.15) is 11.6 Å². The minimum Gasteiger partial charge on any atom is -0.493 e. The first-order valence-electron chi connectivity index (χ1n) is 13.0. The first-order chi connectivity index (χ1) is 17.0. The summed E-state index contributed by atoms with van der Waals surface area (Å²) in [4.78, 5) is 30.6. The van der Waals surface area contributed by atoms with Crippen molar-refractivity contribution in [3.05, 3.63) is 66.0 Å². The van der Waals surface area contributed by atoms with Crippen LogP contribution in [0.15, 0.2) is 54.6 Å². The van der Waals surface area contributed by atoms with Crippen LogP contribution in [0.5, 0.6) is 5.75 Å². The number of likely N-dealkylation sites (tertiary alicyclic amines) is 2. The van der Waals surface area contributed by atoms with E-state index in [2.05, 4.69) is 6.92 Å². The van der Waals surface area contributed by atoms with Crippen LogP contribution in [0.4, 0.5) is 4.39 Å². The number of rotatable bonds is 8. The molecule has 188 valence electrons. The van der Waals surface area contributed by atoms with Gasteiger partial charge in [-0.2, -0.15) is 0 Å². The number of hydrogen-bond donors (Lipinski definition) is 0. The fourth-order valence-corrected chi connectivity index (χ4v) is 5.38. The van der Waals surface area contributed by atoms with Gasteiger partial charge in [0, 0.05) is 38.0 Å². The Bertz CT molecular complexity index is 965. The Morgan fingerprint density at radius 3 is 2.20 bits per heavy atom. The highest BCUT2D eigenvalue weighted by atomic mass is 19.1. The molecule has 2 aromatic rings. The van der Waals surface area contributed by atoms with E-state index in [1.54, 1.807) is 12.1 Å². The van der Waals surface area contributed by atoms with Gasteiger partial charge in [-0.15, -0.1) is 0 Å². The molecule has 4 rings (SSSR count). The van der Waals surface area contributed by atoms with Gasteiger partial charge < -0.3 is 14.5 Å². The van der Waals surface area contributed by atoms with Gasteiger partial charge in [-0.05, 0) is 68.4 Å². The Labute approximate surface area is 208 Å². The predicted molar refractivity (Wildman–Crippen MR) is 135 cm³/mol. The first kappa shape index (κ1) is 25.2. The molecule has 0 bridgehead atoms. The van der Waals surface area contributed by atoms with Gasteiger partial charge in [0.15, 0.2) is 0 Å². The molecule has 0 unspecified atom stereocenters. The maximum Gasteiger partial charge on any atom is 0.230 e. The summed E-state index contributed by atoms with van der Waals surface area (Å²) >= 11 is 0. The third-order valence-corrected chi connectivity index (χ3v) is 7.64. The van der Waals surface area contributed by atoms with Crippen molar-refractivity contribution < 1.29 is 18.7 Å². The van der Waals surface area contributed by atoms with Crippen molar-refractivity contribution in [3.63, 3.8) is 0 Å². The summed E-state index contributed by atoms with van der Waals surface area (Å²) in [5.41, 5.74) is 0.713. The molecule has 35 heavy (non-hydrogen) atoms. The zero-order valence-electron chi connectivity index (χ0n) is 20.8. The molecule has 2 aromatic carbocycles. The van der Waals surface area contributed by atoms with Crippen LogP contribution in [-0.4, -0.2) is 54.4 Å². The molecule has 0 spiro atoms. The predicted octanol–water partition coefficient (Wildman–Crippen LogP) is 5.41. The number of hydrogen-bond acceptors (Lipinski definition) is 3. The minimum absolute atomic E-state index is 0.144. The van der Waals surface area contributed by atoms with Gasteiger partial charge >= 0.3 is 0 Å². The van der Waals surface area contributed by atoms with Crippen LogP contribution in [-0.2, 0) is 9.59 Å². The van der Waals surface area contributed by atoms with E-state index in [1.165, 1.54) is 18.6 Å². The quantitative estimate of drug-likeness (QED) is 0.508. The van der Waals surface area contributed by atoms with Gasteiger partial charge in [0.2, 0.25) is 11.8 Å². The fraction of sp³-hybridized carbons (Fsp3) is 0.517. The van der Waals surface area contributed by atoms with Crippen LogP contribution in [0.25, 0.3) is 0 Å². The summed E-state index contributed by atoms with van der Waals surface area (Å²) in [6.45, 7) is 5.32. The first-order valence-corrected chi connectivity index (χ1v) is 13.0. The number of amides is 2. The van der Waals surface area contributed by atoms with Crippen molar-refractivity contribution >= 4 is 11.8 Å². The van der Waals surface area contributed by atoms with E-state index in [0.717, 1.165) is 37.9 Å². The van der Waals surface area contributed by atoms with E-state index >= 15 is 0 Å². The van der Waals surface area contributed by atoms with Gasteiger partial charge in [-0.3, -0.25) is 9.59 Å². The van der Waals surface area contributed by atoms with Gasteiger partial charge in [0.05, 0.1) is 12.5 Å². The Hall–Kier alpha value is -2.89. The number of carbonyl (C=O) groups is 2. The molecule has 2 amide bonds. The standard InChI is InChI=1S/C29H37FN2O3/c1-2-26(23-9-5-3-6-10-23)28(34)32-19-15-29(16-20-32,21-27(33)31-17-7-4-8-18-31)22-35-25-13-11-24(30)12-14-25/h3,5-6,9-14,26H,2,4,7-8,15-22H2,1H3/t26-/m0/s1. The minimum atomic E-state index is -0.339. The van der Waals surface area contributed by atoms with E-state index in [0.29, 0.717) is 44.7 Å².